The maximum atomic E-state index is 2.45. The molecule has 0 radical (unpaired) electrons. The number of benzene rings is 11. The van der Waals surface area contributed by atoms with Crippen LogP contribution in [-0.2, 0) is 0 Å². The summed E-state index contributed by atoms with van der Waals surface area (Å²) < 4.78 is 2.55. The normalized spacial score (nSPS) is 11.3. The smallest absolute Gasteiger partial charge is 0.0554 e. The molecule has 0 aliphatic heterocycles. The first kappa shape index (κ1) is 40.0. The maximum Gasteiger partial charge on any atom is 0.0554 e. The average Bonchev–Trinajstić information content (AvgIpc) is 3.80. The van der Waals surface area contributed by atoms with Gasteiger partial charge in [-0.05, 0) is 129 Å². The third kappa shape index (κ3) is 7.72. The van der Waals surface area contributed by atoms with E-state index in [1.54, 1.807) is 0 Å². The molecule has 0 saturated carbocycles. The lowest BCUT2D eigenvalue weighted by atomic mass is 9.98. The molecule has 3 heteroatoms. The molecule has 0 bridgehead atoms. The van der Waals surface area contributed by atoms with E-state index in [9.17, 15) is 0 Å². The van der Waals surface area contributed by atoms with Crippen molar-refractivity contribution >= 4 is 76.4 Å². The second-order valence-corrected chi connectivity index (χ2v) is 18.0. The summed E-state index contributed by atoms with van der Waals surface area (Å²) in [7, 11) is 0. The number of thiophene rings is 1. The van der Waals surface area contributed by atoms with Crippen LogP contribution in [0.5, 0.6) is 0 Å². The molecule has 0 aliphatic carbocycles. The molecule has 1 heterocycles. The summed E-state index contributed by atoms with van der Waals surface area (Å²) in [6.07, 6.45) is 0. The molecule has 0 amide bonds. The first-order chi connectivity index (χ1) is 33.2. The Morgan fingerprint density at radius 2 is 0.701 bits per heavy atom. The summed E-state index contributed by atoms with van der Waals surface area (Å²) in [6, 6.07) is 97.0. The van der Waals surface area contributed by atoms with Gasteiger partial charge in [-0.3, -0.25) is 0 Å². The van der Waals surface area contributed by atoms with Crippen molar-refractivity contribution < 1.29 is 0 Å². The molecule has 0 atom stereocenters. The molecule has 11 aromatic carbocycles. The lowest BCUT2D eigenvalue weighted by molar-refractivity contribution is 1.28. The number of anilines is 6. The molecule has 0 fully saturated rings. The standard InChI is InChI=1S/C64H44N2S/c1-4-17-45(18-5-1)48-35-38-54(39-36-48)65(57-40-37-51-41-50(33-34-52(51)43-57)47-21-8-3-9-22-47)60-29-12-10-27-58(60)53-24-15-26-56(44-53)66(55-25-14-23-49(42-55)46-19-6-2-7-20-46)61-30-16-32-63-64(61)59-28-11-13-31-62(59)67-63/h1-44H. The number of hydrogen-bond donors (Lipinski definition) is 0. The minimum Gasteiger partial charge on any atom is -0.310 e. The van der Waals surface area contributed by atoms with Crippen molar-refractivity contribution in [1.82, 2.24) is 0 Å². The van der Waals surface area contributed by atoms with E-state index in [2.05, 4.69) is 277 Å². The van der Waals surface area contributed by atoms with Crippen LogP contribution in [0.3, 0.4) is 0 Å². The molecule has 316 valence electrons. The minimum atomic E-state index is 1.08. The molecule has 0 saturated heterocycles. The molecule has 0 N–H and O–H groups in total. The van der Waals surface area contributed by atoms with Crippen LogP contribution < -0.4 is 9.80 Å². The van der Waals surface area contributed by atoms with E-state index >= 15 is 0 Å². The number of nitrogens with zero attached hydrogens (tertiary/aromatic N) is 2. The second kappa shape index (κ2) is 17.5. The van der Waals surface area contributed by atoms with Gasteiger partial charge in [-0.1, -0.05) is 188 Å². The molecular weight excluding hydrogens is 829 g/mol. The predicted octanol–water partition coefficient (Wildman–Crippen LogP) is 18.8. The average molecular weight is 873 g/mol. The summed E-state index contributed by atoms with van der Waals surface area (Å²) in [5.41, 5.74) is 16.0. The van der Waals surface area contributed by atoms with E-state index in [0.29, 0.717) is 0 Å². The Kier molecular flexibility index (Phi) is 10.4. The van der Waals surface area contributed by atoms with Crippen LogP contribution in [0.25, 0.3) is 75.5 Å². The van der Waals surface area contributed by atoms with Gasteiger partial charge in [0.2, 0.25) is 0 Å². The fourth-order valence-corrected chi connectivity index (χ4v) is 10.7. The van der Waals surface area contributed by atoms with Crippen LogP contribution in [0.1, 0.15) is 0 Å². The van der Waals surface area contributed by atoms with Crippen molar-refractivity contribution in [2.45, 2.75) is 0 Å². The number of fused-ring (bicyclic) bond motifs is 4. The Morgan fingerprint density at radius 3 is 1.43 bits per heavy atom. The third-order valence-corrected chi connectivity index (χ3v) is 14.0. The van der Waals surface area contributed by atoms with Gasteiger partial charge in [0, 0.05) is 48.5 Å². The summed E-state index contributed by atoms with van der Waals surface area (Å²) in [5, 5.41) is 4.92. The highest BCUT2D eigenvalue weighted by Gasteiger charge is 2.22. The van der Waals surface area contributed by atoms with Gasteiger partial charge in [0.1, 0.15) is 0 Å². The summed E-state index contributed by atoms with van der Waals surface area (Å²) >= 11 is 1.85. The summed E-state index contributed by atoms with van der Waals surface area (Å²) in [4.78, 5) is 4.87. The zero-order chi connectivity index (χ0) is 44.5. The van der Waals surface area contributed by atoms with Gasteiger partial charge in [-0.25, -0.2) is 0 Å². The summed E-state index contributed by atoms with van der Waals surface area (Å²) in [6.45, 7) is 0. The van der Waals surface area contributed by atoms with Crippen molar-refractivity contribution in [2.24, 2.45) is 0 Å². The second-order valence-electron chi connectivity index (χ2n) is 16.9. The largest absolute Gasteiger partial charge is 0.310 e. The highest BCUT2D eigenvalue weighted by molar-refractivity contribution is 7.26. The van der Waals surface area contributed by atoms with Crippen molar-refractivity contribution in [3.8, 4) is 44.5 Å². The topological polar surface area (TPSA) is 6.48 Å². The number of para-hydroxylation sites is 1. The Hall–Kier alpha value is -8.50. The van der Waals surface area contributed by atoms with E-state index in [4.69, 9.17) is 0 Å². The van der Waals surface area contributed by atoms with Crippen LogP contribution in [-0.4, -0.2) is 0 Å². The van der Waals surface area contributed by atoms with Crippen molar-refractivity contribution in [3.05, 3.63) is 267 Å². The van der Waals surface area contributed by atoms with Crippen LogP contribution in [0.4, 0.5) is 34.1 Å². The van der Waals surface area contributed by atoms with Gasteiger partial charge in [0.25, 0.3) is 0 Å². The molecular formula is C64H44N2S. The van der Waals surface area contributed by atoms with Gasteiger partial charge in [0.15, 0.2) is 0 Å². The molecule has 67 heavy (non-hydrogen) atoms. The van der Waals surface area contributed by atoms with Crippen LogP contribution in [0, 0.1) is 0 Å². The van der Waals surface area contributed by atoms with E-state index < -0.39 is 0 Å². The first-order valence-corrected chi connectivity index (χ1v) is 23.6. The maximum absolute atomic E-state index is 2.45. The van der Waals surface area contributed by atoms with E-state index in [1.807, 2.05) is 11.3 Å². The number of hydrogen-bond acceptors (Lipinski definition) is 3. The summed E-state index contributed by atoms with van der Waals surface area (Å²) in [5.74, 6) is 0. The fraction of sp³-hybridized carbons (Fsp3) is 0. The zero-order valence-electron chi connectivity index (χ0n) is 36.7. The van der Waals surface area contributed by atoms with Crippen molar-refractivity contribution in [3.63, 3.8) is 0 Å². The predicted molar refractivity (Wildman–Crippen MR) is 288 cm³/mol. The molecule has 0 spiro atoms. The quantitative estimate of drug-likeness (QED) is 0.135. The highest BCUT2D eigenvalue weighted by Crippen LogP contribution is 2.48. The fourth-order valence-electron chi connectivity index (χ4n) is 9.59. The Balaban J connectivity index is 1.02. The van der Waals surface area contributed by atoms with Gasteiger partial charge in [-0.15, -0.1) is 11.3 Å². The molecule has 0 unspecified atom stereocenters. The SMILES string of the molecule is c1ccc(-c2ccc(N(c3ccc4cc(-c5ccccc5)ccc4c3)c3ccccc3-c3cccc(N(c4cccc(-c5ccccc5)c4)c4cccc5sc6ccccc6c45)c3)cc2)cc1. The third-order valence-electron chi connectivity index (χ3n) is 12.8. The Bertz CT molecular complexity index is 3690. The van der Waals surface area contributed by atoms with Crippen LogP contribution in [0.15, 0.2) is 267 Å². The van der Waals surface area contributed by atoms with E-state index in [0.717, 1.165) is 45.3 Å². The number of rotatable bonds is 10. The molecule has 1 aromatic heterocycles. The van der Waals surface area contributed by atoms with Crippen molar-refractivity contribution in [1.29, 1.82) is 0 Å². The van der Waals surface area contributed by atoms with E-state index in [-0.39, 0.29) is 0 Å². The molecule has 2 nitrogen and oxygen atoms in total. The van der Waals surface area contributed by atoms with Crippen molar-refractivity contribution in [2.75, 3.05) is 9.80 Å². The highest BCUT2D eigenvalue weighted by atomic mass is 32.1. The lowest BCUT2D eigenvalue weighted by Gasteiger charge is -2.29. The van der Waals surface area contributed by atoms with Gasteiger partial charge in [-0.2, -0.15) is 0 Å². The molecule has 0 aliphatic rings. The van der Waals surface area contributed by atoms with Crippen LogP contribution in [0.2, 0.25) is 0 Å². The Morgan fingerprint density at radius 1 is 0.254 bits per heavy atom. The Labute approximate surface area is 395 Å². The van der Waals surface area contributed by atoms with Gasteiger partial charge < -0.3 is 9.80 Å². The van der Waals surface area contributed by atoms with Crippen LogP contribution >= 0.6 is 11.3 Å². The van der Waals surface area contributed by atoms with Gasteiger partial charge >= 0.3 is 0 Å². The van der Waals surface area contributed by atoms with E-state index in [1.165, 1.54) is 64.3 Å². The lowest BCUT2D eigenvalue weighted by Crippen LogP contribution is -2.12. The molecule has 12 rings (SSSR count). The monoisotopic (exact) mass is 872 g/mol. The van der Waals surface area contributed by atoms with Gasteiger partial charge in [0.05, 0.1) is 11.4 Å². The zero-order valence-corrected chi connectivity index (χ0v) is 37.5. The first-order valence-electron chi connectivity index (χ1n) is 22.8. The molecule has 12 aromatic rings. The minimum absolute atomic E-state index is 1.08.